The molecule has 32 heavy (non-hydrogen) atoms. The smallest absolute Gasteiger partial charge is 0.260 e. The molecule has 5 nitrogen and oxygen atoms in total. The SMILES string of the molecule is O=C(/C=C/c1ccc(OCC(=O)N2CCN(c3ccccc3)CC2)cc1)c1ccccc1. The van der Waals surface area contributed by atoms with Crippen LogP contribution in [0.5, 0.6) is 5.75 Å². The van der Waals surface area contributed by atoms with Crippen molar-refractivity contribution < 1.29 is 14.3 Å². The summed E-state index contributed by atoms with van der Waals surface area (Å²) in [4.78, 5) is 28.8. The first kappa shape index (κ1) is 21.4. The highest BCUT2D eigenvalue weighted by Crippen LogP contribution is 2.17. The van der Waals surface area contributed by atoms with Crippen molar-refractivity contribution in [1.29, 1.82) is 0 Å². The summed E-state index contributed by atoms with van der Waals surface area (Å²) in [7, 11) is 0. The van der Waals surface area contributed by atoms with Crippen molar-refractivity contribution in [2.24, 2.45) is 0 Å². The topological polar surface area (TPSA) is 49.9 Å². The van der Waals surface area contributed by atoms with Gasteiger partial charge in [0, 0.05) is 37.4 Å². The lowest BCUT2D eigenvalue weighted by molar-refractivity contribution is -0.133. The molecule has 0 atom stereocenters. The van der Waals surface area contributed by atoms with Gasteiger partial charge in [0.05, 0.1) is 0 Å². The molecule has 0 radical (unpaired) electrons. The van der Waals surface area contributed by atoms with E-state index in [9.17, 15) is 9.59 Å². The van der Waals surface area contributed by atoms with Gasteiger partial charge in [0.2, 0.25) is 0 Å². The summed E-state index contributed by atoms with van der Waals surface area (Å²) in [6.45, 7) is 3.04. The highest BCUT2D eigenvalue weighted by atomic mass is 16.5. The number of anilines is 1. The first-order chi connectivity index (χ1) is 15.7. The molecule has 162 valence electrons. The van der Waals surface area contributed by atoms with E-state index in [1.54, 1.807) is 24.3 Å². The zero-order valence-corrected chi connectivity index (χ0v) is 17.9. The molecule has 1 fully saturated rings. The van der Waals surface area contributed by atoms with Gasteiger partial charge in [-0.15, -0.1) is 0 Å². The van der Waals surface area contributed by atoms with Crippen molar-refractivity contribution in [2.45, 2.75) is 0 Å². The van der Waals surface area contributed by atoms with E-state index in [0.29, 0.717) is 24.4 Å². The van der Waals surface area contributed by atoms with Crippen molar-refractivity contribution in [2.75, 3.05) is 37.7 Å². The number of carbonyl (C=O) groups is 2. The summed E-state index contributed by atoms with van der Waals surface area (Å²) >= 11 is 0. The minimum absolute atomic E-state index is 0.00450. The van der Waals surface area contributed by atoms with Gasteiger partial charge < -0.3 is 14.5 Å². The van der Waals surface area contributed by atoms with Crippen LogP contribution in [0.1, 0.15) is 15.9 Å². The standard InChI is InChI=1S/C27H26N2O3/c30-26(23-7-3-1-4-8-23)16-13-22-11-14-25(15-12-22)32-21-27(31)29-19-17-28(18-20-29)24-9-5-2-6-10-24/h1-16H,17-21H2/b16-13+. The highest BCUT2D eigenvalue weighted by molar-refractivity contribution is 6.06. The minimum atomic E-state index is -0.0381. The van der Waals surface area contributed by atoms with Crippen molar-refractivity contribution in [3.63, 3.8) is 0 Å². The molecule has 3 aromatic carbocycles. The Kier molecular flexibility index (Phi) is 6.98. The van der Waals surface area contributed by atoms with Crippen molar-refractivity contribution in [3.05, 3.63) is 102 Å². The highest BCUT2D eigenvalue weighted by Gasteiger charge is 2.21. The number of rotatable bonds is 7. The molecule has 0 N–H and O–H groups in total. The molecule has 4 rings (SSSR count). The van der Waals surface area contributed by atoms with E-state index in [-0.39, 0.29) is 18.3 Å². The maximum atomic E-state index is 12.5. The molecule has 1 heterocycles. The fraction of sp³-hybridized carbons (Fsp3) is 0.185. The molecule has 0 spiro atoms. The molecule has 1 aliphatic heterocycles. The second-order valence-corrected chi connectivity index (χ2v) is 7.62. The summed E-state index contributed by atoms with van der Waals surface area (Å²) in [5, 5.41) is 0. The zero-order valence-electron chi connectivity index (χ0n) is 17.9. The van der Waals surface area contributed by atoms with Gasteiger partial charge in [0.1, 0.15) is 5.75 Å². The van der Waals surface area contributed by atoms with E-state index in [4.69, 9.17) is 4.74 Å². The Morgan fingerprint density at radius 2 is 1.41 bits per heavy atom. The average Bonchev–Trinajstić information content (AvgIpc) is 2.87. The second-order valence-electron chi connectivity index (χ2n) is 7.62. The number of nitrogens with zero attached hydrogens (tertiary/aromatic N) is 2. The molecule has 5 heteroatoms. The summed E-state index contributed by atoms with van der Waals surface area (Å²) in [5.74, 6) is 0.590. The number of para-hydroxylation sites is 1. The van der Waals surface area contributed by atoms with Crippen molar-refractivity contribution in [3.8, 4) is 5.75 Å². The monoisotopic (exact) mass is 426 g/mol. The predicted molar refractivity (Wildman–Crippen MR) is 127 cm³/mol. The average molecular weight is 427 g/mol. The van der Waals surface area contributed by atoms with E-state index in [0.717, 1.165) is 18.7 Å². The van der Waals surface area contributed by atoms with Gasteiger partial charge in [-0.05, 0) is 35.9 Å². The molecule has 0 aromatic heterocycles. The number of ketones is 1. The van der Waals surface area contributed by atoms with Crippen LogP contribution in [0, 0.1) is 0 Å². The number of amides is 1. The quantitative estimate of drug-likeness (QED) is 0.417. The summed E-state index contributed by atoms with van der Waals surface area (Å²) in [6.07, 6.45) is 3.33. The zero-order chi connectivity index (χ0) is 22.2. The fourth-order valence-corrected chi connectivity index (χ4v) is 3.63. The number of allylic oxidation sites excluding steroid dienone is 1. The Labute approximate surface area is 188 Å². The molecule has 1 amide bonds. The number of hydrogen-bond acceptors (Lipinski definition) is 4. The van der Waals surface area contributed by atoms with Gasteiger partial charge >= 0.3 is 0 Å². The van der Waals surface area contributed by atoms with Crippen LogP contribution < -0.4 is 9.64 Å². The summed E-state index contributed by atoms with van der Waals surface area (Å²) in [5.41, 5.74) is 2.74. The number of hydrogen-bond donors (Lipinski definition) is 0. The van der Waals surface area contributed by atoms with Crippen LogP contribution in [0.25, 0.3) is 6.08 Å². The van der Waals surface area contributed by atoms with Gasteiger partial charge in [0.25, 0.3) is 5.91 Å². The van der Waals surface area contributed by atoms with Crippen LogP contribution in [0.4, 0.5) is 5.69 Å². The summed E-state index contributed by atoms with van der Waals surface area (Å²) < 4.78 is 5.69. The normalized spacial score (nSPS) is 13.9. The van der Waals surface area contributed by atoms with E-state index in [1.165, 1.54) is 5.69 Å². The lowest BCUT2D eigenvalue weighted by Gasteiger charge is -2.36. The lowest BCUT2D eigenvalue weighted by atomic mass is 10.1. The third-order valence-electron chi connectivity index (χ3n) is 5.48. The molecule has 0 aliphatic carbocycles. The van der Waals surface area contributed by atoms with Crippen LogP contribution in [-0.4, -0.2) is 49.4 Å². The molecule has 1 saturated heterocycles. The number of carbonyl (C=O) groups excluding carboxylic acids is 2. The third-order valence-corrected chi connectivity index (χ3v) is 5.48. The maximum Gasteiger partial charge on any atom is 0.260 e. The third kappa shape index (κ3) is 5.64. The van der Waals surface area contributed by atoms with Gasteiger partial charge in [-0.1, -0.05) is 66.7 Å². The molecule has 0 saturated carbocycles. The Morgan fingerprint density at radius 1 is 0.781 bits per heavy atom. The van der Waals surface area contributed by atoms with Gasteiger partial charge in [-0.2, -0.15) is 0 Å². The van der Waals surface area contributed by atoms with Crippen LogP contribution in [-0.2, 0) is 4.79 Å². The number of ether oxygens (including phenoxy) is 1. The second kappa shape index (κ2) is 10.4. The van der Waals surface area contributed by atoms with Gasteiger partial charge in [-0.3, -0.25) is 9.59 Å². The Hall–Kier alpha value is -3.86. The van der Waals surface area contributed by atoms with Crippen LogP contribution in [0.3, 0.4) is 0 Å². The van der Waals surface area contributed by atoms with E-state index < -0.39 is 0 Å². The van der Waals surface area contributed by atoms with Crippen LogP contribution in [0.15, 0.2) is 91.0 Å². The van der Waals surface area contributed by atoms with E-state index in [1.807, 2.05) is 65.6 Å². The maximum absolute atomic E-state index is 12.5. The first-order valence-electron chi connectivity index (χ1n) is 10.8. The van der Waals surface area contributed by atoms with E-state index in [2.05, 4.69) is 17.0 Å². The van der Waals surface area contributed by atoms with Gasteiger partial charge in [-0.25, -0.2) is 0 Å². The largest absolute Gasteiger partial charge is 0.484 e. The fourth-order valence-electron chi connectivity index (χ4n) is 3.63. The molecular formula is C27H26N2O3. The molecule has 0 unspecified atom stereocenters. The van der Waals surface area contributed by atoms with E-state index >= 15 is 0 Å². The number of benzene rings is 3. The predicted octanol–water partition coefficient (Wildman–Crippen LogP) is 4.31. The Bertz CT molecular complexity index is 1060. The Balaban J connectivity index is 1.23. The lowest BCUT2D eigenvalue weighted by Crippen LogP contribution is -2.50. The Morgan fingerprint density at radius 3 is 2.06 bits per heavy atom. The minimum Gasteiger partial charge on any atom is -0.484 e. The number of piperazine rings is 1. The first-order valence-corrected chi connectivity index (χ1v) is 10.8. The molecule has 3 aromatic rings. The molecular weight excluding hydrogens is 400 g/mol. The van der Waals surface area contributed by atoms with Crippen molar-refractivity contribution in [1.82, 2.24) is 4.90 Å². The molecule has 0 bridgehead atoms. The van der Waals surface area contributed by atoms with Crippen LogP contribution >= 0.6 is 0 Å². The molecule has 1 aliphatic rings. The van der Waals surface area contributed by atoms with Crippen LogP contribution in [0.2, 0.25) is 0 Å². The van der Waals surface area contributed by atoms with Crippen molar-refractivity contribution >= 4 is 23.5 Å². The summed E-state index contributed by atoms with van der Waals surface area (Å²) in [6, 6.07) is 26.8. The van der Waals surface area contributed by atoms with Gasteiger partial charge in [0.15, 0.2) is 12.4 Å².